The third-order valence-corrected chi connectivity index (χ3v) is 7.43. The molecule has 0 aromatic heterocycles. The number of aliphatic hydroxyl groups is 1. The highest BCUT2D eigenvalue weighted by Crippen LogP contribution is 2.39. The third kappa shape index (κ3) is 5.22. The van der Waals surface area contributed by atoms with E-state index in [4.69, 9.17) is 21.1 Å². The molecular formula is C28H33ClN2O5. The van der Waals surface area contributed by atoms with E-state index < -0.39 is 5.60 Å². The Kier molecular flexibility index (Phi) is 7.91. The molecule has 0 aliphatic carbocycles. The van der Waals surface area contributed by atoms with Crippen LogP contribution in [0.2, 0.25) is 5.02 Å². The number of aryl methyl sites for hydroxylation is 2. The molecule has 8 heteroatoms. The summed E-state index contributed by atoms with van der Waals surface area (Å²) >= 11 is 6.71. The van der Waals surface area contributed by atoms with Crippen molar-refractivity contribution < 1.29 is 24.2 Å². The Balaban J connectivity index is 1.67. The van der Waals surface area contributed by atoms with E-state index in [1.807, 2.05) is 44.2 Å². The van der Waals surface area contributed by atoms with Gasteiger partial charge in [-0.3, -0.25) is 4.79 Å². The van der Waals surface area contributed by atoms with Gasteiger partial charge in [0.05, 0.1) is 19.8 Å². The maximum Gasteiger partial charge on any atom is 0.320 e. The highest BCUT2D eigenvalue weighted by Gasteiger charge is 2.45. The van der Waals surface area contributed by atoms with Crippen LogP contribution in [0.1, 0.15) is 36.5 Å². The molecule has 4 rings (SSSR count). The van der Waals surface area contributed by atoms with Gasteiger partial charge in [0.25, 0.3) is 6.47 Å². The second-order valence-electron chi connectivity index (χ2n) is 9.61. The average Bonchev–Trinajstić information content (AvgIpc) is 2.89. The summed E-state index contributed by atoms with van der Waals surface area (Å²) < 4.78 is 10.9. The van der Waals surface area contributed by atoms with Gasteiger partial charge in [-0.25, -0.2) is 4.79 Å². The molecule has 1 unspecified atom stereocenters. The average molecular weight is 513 g/mol. The van der Waals surface area contributed by atoms with E-state index in [9.17, 15) is 14.7 Å². The van der Waals surface area contributed by atoms with Crippen molar-refractivity contribution in [3.8, 4) is 11.1 Å². The molecule has 0 spiro atoms. The molecule has 192 valence electrons. The van der Waals surface area contributed by atoms with Crippen molar-refractivity contribution in [1.82, 2.24) is 9.80 Å². The number of morpholine rings is 1. The summed E-state index contributed by atoms with van der Waals surface area (Å²) in [5.74, 6) is -0.0588. The van der Waals surface area contributed by atoms with Crippen LogP contribution in [0.4, 0.5) is 4.79 Å². The van der Waals surface area contributed by atoms with Crippen molar-refractivity contribution in [1.29, 1.82) is 0 Å². The molecule has 7 nitrogen and oxygen atoms in total. The molecule has 2 saturated heterocycles. The Hall–Kier alpha value is -3.03. The first-order valence-corrected chi connectivity index (χ1v) is 12.6. The SMILES string of the molecule is C/C(=C(/O)C1(OC=O)CCCN(C(=O)N2CCOCC2)C1)c1cc(Cl)c(-c2cccc(C)c2)cc1C. The molecule has 0 saturated carbocycles. The van der Waals surface area contributed by atoms with Gasteiger partial charge in [-0.15, -0.1) is 0 Å². The standard InChI is InChI=1S/C28H33ClN2O5/c1-19-6-4-7-22(14-19)24-15-20(2)23(16-25(24)29)21(3)26(33)28(36-18-32)8-5-9-31(17-28)27(34)30-10-12-35-13-11-30/h4,6-7,14-16,18,33H,5,8-13,17H2,1-3H3/b26-21-. The number of amides is 2. The number of carbonyl (C=O) groups is 2. The number of benzene rings is 2. The molecule has 0 radical (unpaired) electrons. The van der Waals surface area contributed by atoms with E-state index in [1.165, 1.54) is 0 Å². The molecule has 36 heavy (non-hydrogen) atoms. The largest absolute Gasteiger partial charge is 0.508 e. The van der Waals surface area contributed by atoms with E-state index in [1.54, 1.807) is 16.7 Å². The molecule has 2 aromatic rings. The number of hydrogen-bond donors (Lipinski definition) is 1. The number of likely N-dealkylation sites (tertiary alicyclic amines) is 1. The van der Waals surface area contributed by atoms with E-state index in [2.05, 4.69) is 6.07 Å². The Labute approximate surface area is 217 Å². The van der Waals surface area contributed by atoms with Gasteiger partial charge >= 0.3 is 6.03 Å². The summed E-state index contributed by atoms with van der Waals surface area (Å²) in [6.07, 6.45) is 1.00. The molecule has 2 aliphatic rings. The van der Waals surface area contributed by atoms with Crippen molar-refractivity contribution in [3.63, 3.8) is 0 Å². The fraction of sp³-hybridized carbons (Fsp3) is 0.429. The van der Waals surface area contributed by atoms with Gasteiger partial charge in [0.15, 0.2) is 5.60 Å². The summed E-state index contributed by atoms with van der Waals surface area (Å²) in [6.45, 7) is 8.79. The molecule has 2 fully saturated rings. The van der Waals surface area contributed by atoms with E-state index in [-0.39, 0.29) is 18.3 Å². The maximum absolute atomic E-state index is 13.1. The number of allylic oxidation sites excluding steroid dienone is 1. The molecule has 0 bridgehead atoms. The quantitative estimate of drug-likeness (QED) is 0.430. The third-order valence-electron chi connectivity index (χ3n) is 7.11. The van der Waals surface area contributed by atoms with Crippen LogP contribution < -0.4 is 0 Å². The minimum atomic E-state index is -1.32. The first-order chi connectivity index (χ1) is 17.3. The van der Waals surface area contributed by atoms with E-state index in [0.29, 0.717) is 62.8 Å². The number of halogens is 1. The number of hydrogen-bond acceptors (Lipinski definition) is 5. The van der Waals surface area contributed by atoms with Gasteiger partial charge in [-0.1, -0.05) is 41.4 Å². The Morgan fingerprint density at radius 1 is 1.14 bits per heavy atom. The van der Waals surface area contributed by atoms with E-state index in [0.717, 1.165) is 27.8 Å². The fourth-order valence-electron chi connectivity index (χ4n) is 5.17. The van der Waals surface area contributed by atoms with Crippen LogP contribution in [0.15, 0.2) is 42.2 Å². The lowest BCUT2D eigenvalue weighted by Crippen LogP contribution is -2.57. The van der Waals surface area contributed by atoms with Crippen LogP contribution in [0, 0.1) is 13.8 Å². The predicted molar refractivity (Wildman–Crippen MR) is 140 cm³/mol. The summed E-state index contributed by atoms with van der Waals surface area (Å²) in [4.78, 5) is 28.1. The van der Waals surface area contributed by atoms with Gasteiger partial charge in [-0.2, -0.15) is 0 Å². The molecular weight excluding hydrogens is 480 g/mol. The lowest BCUT2D eigenvalue weighted by atomic mass is 9.85. The Bertz CT molecular complexity index is 1170. The first-order valence-electron chi connectivity index (χ1n) is 12.3. The number of aliphatic hydroxyl groups excluding tert-OH is 1. The summed E-state index contributed by atoms with van der Waals surface area (Å²) in [5.41, 5.74) is 4.00. The molecule has 2 amide bonds. The summed E-state index contributed by atoms with van der Waals surface area (Å²) in [5, 5.41) is 12.1. The second kappa shape index (κ2) is 10.9. The van der Waals surface area contributed by atoms with Crippen LogP contribution in [0.25, 0.3) is 16.7 Å². The predicted octanol–water partition coefficient (Wildman–Crippen LogP) is 5.37. The number of urea groups is 1. The van der Waals surface area contributed by atoms with Gasteiger partial charge in [0, 0.05) is 30.2 Å². The highest BCUT2D eigenvalue weighted by atomic mass is 35.5. The minimum absolute atomic E-state index is 0.0588. The van der Waals surface area contributed by atoms with Crippen molar-refractivity contribution in [2.45, 2.75) is 39.2 Å². The van der Waals surface area contributed by atoms with Gasteiger partial charge in [0.1, 0.15) is 5.76 Å². The van der Waals surface area contributed by atoms with Crippen molar-refractivity contribution in [2.24, 2.45) is 0 Å². The van der Waals surface area contributed by atoms with Crippen LogP contribution >= 0.6 is 11.6 Å². The Morgan fingerprint density at radius 3 is 2.58 bits per heavy atom. The zero-order chi connectivity index (χ0) is 25.9. The van der Waals surface area contributed by atoms with Gasteiger partial charge < -0.3 is 24.4 Å². The molecule has 2 aliphatic heterocycles. The summed E-state index contributed by atoms with van der Waals surface area (Å²) in [7, 11) is 0. The monoisotopic (exact) mass is 512 g/mol. The normalized spacial score (nSPS) is 21.1. The number of carbonyl (C=O) groups excluding carboxylic acids is 2. The zero-order valence-corrected chi connectivity index (χ0v) is 21.8. The number of piperidine rings is 1. The molecule has 1 N–H and O–H groups in total. The van der Waals surface area contributed by atoms with Crippen LogP contribution in [0.3, 0.4) is 0 Å². The molecule has 1 atom stereocenters. The highest BCUT2D eigenvalue weighted by molar-refractivity contribution is 6.33. The topological polar surface area (TPSA) is 79.3 Å². The van der Waals surface area contributed by atoms with Crippen LogP contribution in [0.5, 0.6) is 0 Å². The van der Waals surface area contributed by atoms with Gasteiger partial charge in [0.2, 0.25) is 0 Å². The van der Waals surface area contributed by atoms with Crippen LogP contribution in [-0.4, -0.2) is 72.4 Å². The van der Waals surface area contributed by atoms with Crippen molar-refractivity contribution in [3.05, 3.63) is 63.9 Å². The lowest BCUT2D eigenvalue weighted by Gasteiger charge is -2.43. The lowest BCUT2D eigenvalue weighted by molar-refractivity contribution is -0.147. The molecule has 2 aromatic carbocycles. The Morgan fingerprint density at radius 2 is 1.89 bits per heavy atom. The fourth-order valence-corrected chi connectivity index (χ4v) is 5.44. The molecule has 2 heterocycles. The smallest absolute Gasteiger partial charge is 0.320 e. The minimum Gasteiger partial charge on any atom is -0.508 e. The number of ether oxygens (including phenoxy) is 2. The van der Waals surface area contributed by atoms with Crippen molar-refractivity contribution >= 4 is 29.7 Å². The summed E-state index contributed by atoms with van der Waals surface area (Å²) in [6, 6.07) is 11.8. The zero-order valence-electron chi connectivity index (χ0n) is 21.1. The number of rotatable bonds is 5. The van der Waals surface area contributed by atoms with Crippen LogP contribution in [-0.2, 0) is 14.3 Å². The van der Waals surface area contributed by atoms with E-state index >= 15 is 0 Å². The van der Waals surface area contributed by atoms with Crippen molar-refractivity contribution in [2.75, 3.05) is 39.4 Å². The second-order valence-corrected chi connectivity index (χ2v) is 10.0. The maximum atomic E-state index is 13.1. The number of nitrogens with zero attached hydrogens (tertiary/aromatic N) is 2. The first kappa shape index (κ1) is 26.0. The van der Waals surface area contributed by atoms with Gasteiger partial charge in [-0.05, 0) is 68.0 Å².